The standard InChI is InChI=1S/C13H10ClF4N3S2/c14-8-2-1-3-9(10(8)15)21-12(23)7(6-19)11(22)20-5-4-13(16,17)18/h1-3,21,23H,4-5H2,(H,20,22). The fraction of sp³-hybridized carbons (Fsp3) is 0.231. The molecule has 0 saturated carbocycles. The summed E-state index contributed by atoms with van der Waals surface area (Å²) in [6, 6.07) is 5.86. The number of thiol groups is 1. The third kappa shape index (κ3) is 6.25. The predicted octanol–water partition coefficient (Wildman–Crippen LogP) is 4.43. The van der Waals surface area contributed by atoms with Crippen molar-refractivity contribution in [2.24, 2.45) is 0 Å². The molecule has 1 aromatic carbocycles. The lowest BCUT2D eigenvalue weighted by atomic mass is 10.2. The molecule has 2 N–H and O–H groups in total. The summed E-state index contributed by atoms with van der Waals surface area (Å²) in [5, 5.41) is 13.6. The van der Waals surface area contributed by atoms with Crippen LogP contribution in [-0.4, -0.2) is 17.7 Å². The molecule has 0 radical (unpaired) electrons. The molecule has 0 aliphatic rings. The van der Waals surface area contributed by atoms with Crippen molar-refractivity contribution in [3.63, 3.8) is 0 Å². The Kier molecular flexibility index (Phi) is 7.12. The minimum absolute atomic E-state index is 0.0478. The maximum atomic E-state index is 13.8. The summed E-state index contributed by atoms with van der Waals surface area (Å²) in [6.45, 7) is -0.486. The number of benzene rings is 1. The molecule has 124 valence electrons. The zero-order valence-corrected chi connectivity index (χ0v) is 13.8. The Morgan fingerprint density at radius 1 is 1.39 bits per heavy atom. The number of thiocarbonyl (C=S) groups is 1. The molecule has 1 rings (SSSR count). The average Bonchev–Trinajstić information content (AvgIpc) is 2.43. The number of hydrogen-bond donors (Lipinski definition) is 3. The summed E-state index contributed by atoms with van der Waals surface area (Å²) in [7, 11) is 0. The van der Waals surface area contributed by atoms with Crippen LogP contribution in [0.4, 0.5) is 23.2 Å². The van der Waals surface area contributed by atoms with Crippen LogP contribution < -0.4 is 10.6 Å². The maximum absolute atomic E-state index is 13.8. The van der Waals surface area contributed by atoms with Gasteiger partial charge in [-0.3, -0.25) is 0 Å². The number of alkyl halides is 3. The molecule has 0 saturated heterocycles. The van der Waals surface area contributed by atoms with Gasteiger partial charge in [-0.05, 0) is 12.1 Å². The maximum Gasteiger partial charge on any atom is 0.390 e. The normalized spacial score (nSPS) is 12.2. The van der Waals surface area contributed by atoms with Gasteiger partial charge < -0.3 is 10.6 Å². The van der Waals surface area contributed by atoms with Gasteiger partial charge in [0.05, 0.1) is 22.2 Å². The third-order valence-corrected chi connectivity index (χ3v) is 3.45. The Labute approximate surface area is 145 Å². The Bertz CT molecular complexity index is 668. The van der Waals surface area contributed by atoms with Crippen molar-refractivity contribution < 1.29 is 17.6 Å². The number of hydrogen-bond acceptors (Lipinski definition) is 4. The first-order valence-electron chi connectivity index (χ1n) is 6.05. The van der Waals surface area contributed by atoms with E-state index >= 15 is 0 Å². The van der Waals surface area contributed by atoms with Crippen LogP contribution in [0.15, 0.2) is 28.8 Å². The Balaban J connectivity index is 2.85. The van der Waals surface area contributed by atoms with E-state index in [-0.39, 0.29) is 26.3 Å². The number of rotatable bonds is 5. The fourth-order valence-electron chi connectivity index (χ4n) is 1.41. The summed E-state index contributed by atoms with van der Waals surface area (Å²) >= 11 is 14.5. The molecule has 0 amide bonds. The molecule has 0 unspecified atom stereocenters. The van der Waals surface area contributed by atoms with Gasteiger partial charge in [0.2, 0.25) is 0 Å². The van der Waals surface area contributed by atoms with Crippen molar-refractivity contribution >= 4 is 47.1 Å². The summed E-state index contributed by atoms with van der Waals surface area (Å²) in [4.78, 5) is -0.225. The summed E-state index contributed by atoms with van der Waals surface area (Å²) < 4.78 is 50.0. The SMILES string of the molecule is N#CC(C(=S)NCCC(F)(F)F)=C(S)Nc1cccc(Cl)c1F. The lowest BCUT2D eigenvalue weighted by Crippen LogP contribution is -2.28. The number of nitrogens with one attached hydrogen (secondary N) is 2. The fourth-order valence-corrected chi connectivity index (χ4v) is 2.19. The van der Waals surface area contributed by atoms with Gasteiger partial charge in [0.1, 0.15) is 16.6 Å². The van der Waals surface area contributed by atoms with Gasteiger partial charge in [0.15, 0.2) is 5.82 Å². The van der Waals surface area contributed by atoms with Gasteiger partial charge in [-0.25, -0.2) is 4.39 Å². The van der Waals surface area contributed by atoms with E-state index in [0.717, 1.165) is 0 Å². The van der Waals surface area contributed by atoms with Crippen molar-refractivity contribution in [1.82, 2.24) is 5.32 Å². The highest BCUT2D eigenvalue weighted by atomic mass is 35.5. The van der Waals surface area contributed by atoms with Gasteiger partial charge in [0, 0.05) is 6.54 Å². The average molecular weight is 384 g/mol. The number of nitriles is 1. The highest BCUT2D eigenvalue weighted by Crippen LogP contribution is 2.25. The molecule has 0 aliphatic heterocycles. The lowest BCUT2D eigenvalue weighted by molar-refractivity contribution is -0.132. The predicted molar refractivity (Wildman–Crippen MR) is 87.9 cm³/mol. The van der Waals surface area contributed by atoms with Crippen molar-refractivity contribution in [1.29, 1.82) is 5.26 Å². The van der Waals surface area contributed by atoms with Crippen LogP contribution in [0.25, 0.3) is 0 Å². The van der Waals surface area contributed by atoms with Crippen LogP contribution in [0, 0.1) is 17.1 Å². The molecule has 0 atom stereocenters. The second kappa shape index (κ2) is 8.38. The monoisotopic (exact) mass is 383 g/mol. The van der Waals surface area contributed by atoms with Gasteiger partial charge in [-0.2, -0.15) is 18.4 Å². The zero-order chi connectivity index (χ0) is 17.6. The third-order valence-electron chi connectivity index (χ3n) is 2.47. The van der Waals surface area contributed by atoms with Crippen molar-refractivity contribution in [2.45, 2.75) is 12.6 Å². The highest BCUT2D eigenvalue weighted by Gasteiger charge is 2.26. The van der Waals surface area contributed by atoms with E-state index < -0.39 is 25.0 Å². The first-order chi connectivity index (χ1) is 10.7. The van der Waals surface area contributed by atoms with E-state index in [9.17, 15) is 17.6 Å². The Hall–Kier alpha value is -1.50. The minimum atomic E-state index is -4.34. The smallest absolute Gasteiger partial charge is 0.375 e. The number of nitrogens with zero attached hydrogens (tertiary/aromatic N) is 1. The van der Waals surface area contributed by atoms with E-state index in [2.05, 4.69) is 23.3 Å². The van der Waals surface area contributed by atoms with E-state index in [1.54, 1.807) is 6.07 Å². The summed E-state index contributed by atoms with van der Waals surface area (Å²) in [6.07, 6.45) is -5.45. The molecule has 0 bridgehead atoms. The van der Waals surface area contributed by atoms with Crippen LogP contribution in [0.5, 0.6) is 0 Å². The Morgan fingerprint density at radius 3 is 2.61 bits per heavy atom. The van der Waals surface area contributed by atoms with E-state index in [4.69, 9.17) is 29.1 Å². The van der Waals surface area contributed by atoms with E-state index in [1.165, 1.54) is 18.2 Å². The largest absolute Gasteiger partial charge is 0.390 e. The molecule has 0 spiro atoms. The molecule has 23 heavy (non-hydrogen) atoms. The number of anilines is 1. The van der Waals surface area contributed by atoms with Crippen molar-refractivity contribution in [3.05, 3.63) is 39.6 Å². The molecular weight excluding hydrogens is 374 g/mol. The highest BCUT2D eigenvalue weighted by molar-refractivity contribution is 7.85. The Morgan fingerprint density at radius 2 is 2.04 bits per heavy atom. The quantitative estimate of drug-likeness (QED) is 0.231. The molecule has 0 fully saturated rings. The van der Waals surface area contributed by atoms with Crippen molar-refractivity contribution in [2.75, 3.05) is 11.9 Å². The second-order valence-electron chi connectivity index (χ2n) is 4.18. The van der Waals surface area contributed by atoms with Gasteiger partial charge >= 0.3 is 6.18 Å². The zero-order valence-electron chi connectivity index (χ0n) is 11.3. The van der Waals surface area contributed by atoms with E-state index in [0.29, 0.717) is 0 Å². The summed E-state index contributed by atoms with van der Waals surface area (Å²) in [5.74, 6) is -0.756. The first kappa shape index (κ1) is 19.5. The lowest BCUT2D eigenvalue weighted by Gasteiger charge is -2.12. The molecular formula is C13H10ClF4N3S2. The van der Waals surface area contributed by atoms with Crippen LogP contribution in [0.2, 0.25) is 5.02 Å². The van der Waals surface area contributed by atoms with Gasteiger partial charge in [-0.1, -0.05) is 29.9 Å². The summed E-state index contributed by atoms with van der Waals surface area (Å²) in [5.41, 5.74) is -0.266. The van der Waals surface area contributed by atoms with E-state index in [1.807, 2.05) is 0 Å². The van der Waals surface area contributed by atoms with Crippen LogP contribution in [0.3, 0.4) is 0 Å². The molecule has 10 heteroatoms. The van der Waals surface area contributed by atoms with Gasteiger partial charge in [0.25, 0.3) is 0 Å². The molecule has 0 aromatic heterocycles. The van der Waals surface area contributed by atoms with Crippen LogP contribution in [0.1, 0.15) is 6.42 Å². The second-order valence-corrected chi connectivity index (χ2v) is 5.45. The molecule has 1 aromatic rings. The minimum Gasteiger partial charge on any atom is -0.375 e. The molecule has 0 heterocycles. The van der Waals surface area contributed by atoms with Gasteiger partial charge in [-0.15, -0.1) is 12.6 Å². The topological polar surface area (TPSA) is 47.9 Å². The van der Waals surface area contributed by atoms with Crippen LogP contribution in [-0.2, 0) is 0 Å². The van der Waals surface area contributed by atoms with Crippen molar-refractivity contribution in [3.8, 4) is 6.07 Å². The molecule has 3 nitrogen and oxygen atoms in total. The van der Waals surface area contributed by atoms with Crippen LogP contribution >= 0.6 is 36.4 Å². The number of halogens is 5. The first-order valence-corrected chi connectivity index (χ1v) is 7.28. The molecule has 0 aliphatic carbocycles.